The highest BCUT2D eigenvalue weighted by atomic mass is 79.9. The number of rotatable bonds is 2. The molecule has 0 spiro atoms. The highest BCUT2D eigenvalue weighted by molar-refractivity contribution is 9.10. The Labute approximate surface area is 110 Å². The van der Waals surface area contributed by atoms with E-state index < -0.39 is 17.7 Å². The van der Waals surface area contributed by atoms with Crippen LogP contribution in [-0.4, -0.2) is 5.11 Å². The fourth-order valence-electron chi connectivity index (χ4n) is 1.50. The summed E-state index contributed by atoms with van der Waals surface area (Å²) in [6.07, 6.45) is -1.14. The molecule has 1 heterocycles. The van der Waals surface area contributed by atoms with Crippen LogP contribution in [0.2, 0.25) is 0 Å². The maximum atomic E-state index is 13.7. The molecule has 1 atom stereocenters. The molecule has 2 rings (SSSR count). The summed E-state index contributed by atoms with van der Waals surface area (Å²) in [7, 11) is 0. The second kappa shape index (κ2) is 4.84. The molecule has 0 radical (unpaired) electrons. The van der Waals surface area contributed by atoms with Gasteiger partial charge in [0.25, 0.3) is 0 Å². The van der Waals surface area contributed by atoms with Gasteiger partial charge < -0.3 is 5.11 Å². The number of hydrogen-bond donors (Lipinski definition) is 1. The largest absolute Gasteiger partial charge is 0.383 e. The number of benzene rings is 1. The average Bonchev–Trinajstić information content (AvgIpc) is 2.72. The Hall–Kier alpha value is -0.780. The predicted molar refractivity (Wildman–Crippen MR) is 67.2 cm³/mol. The molecule has 0 bridgehead atoms. The summed E-state index contributed by atoms with van der Waals surface area (Å²) in [5, 5.41) is 11.8. The van der Waals surface area contributed by atoms with Crippen molar-refractivity contribution >= 4 is 27.3 Å². The van der Waals surface area contributed by atoms with Gasteiger partial charge >= 0.3 is 0 Å². The number of hydrogen-bond acceptors (Lipinski definition) is 2. The standard InChI is InChI=1S/C12H9BrF2OS/c1-6-2-3-8(11(15)10(6)14)12(16)9-4-7(13)5-17-9/h2-5,12,16H,1H3. The smallest absolute Gasteiger partial charge is 0.165 e. The number of aliphatic hydroxyl groups is 1. The lowest BCUT2D eigenvalue weighted by atomic mass is 10.0. The first-order valence-electron chi connectivity index (χ1n) is 4.87. The molecule has 1 aromatic carbocycles. The second-order valence-corrected chi connectivity index (χ2v) is 5.53. The minimum Gasteiger partial charge on any atom is -0.383 e. The van der Waals surface area contributed by atoms with Gasteiger partial charge in [-0.2, -0.15) is 0 Å². The van der Waals surface area contributed by atoms with Crippen LogP contribution in [0.4, 0.5) is 8.78 Å². The number of halogens is 3. The molecular weight excluding hydrogens is 310 g/mol. The van der Waals surface area contributed by atoms with Gasteiger partial charge in [-0.15, -0.1) is 11.3 Å². The molecule has 17 heavy (non-hydrogen) atoms. The van der Waals surface area contributed by atoms with Gasteiger partial charge in [-0.1, -0.05) is 12.1 Å². The Kier molecular flexibility index (Phi) is 3.61. The topological polar surface area (TPSA) is 20.2 Å². The molecule has 0 saturated carbocycles. The van der Waals surface area contributed by atoms with Crippen molar-refractivity contribution < 1.29 is 13.9 Å². The van der Waals surface area contributed by atoms with E-state index in [1.54, 1.807) is 11.4 Å². The van der Waals surface area contributed by atoms with Crippen molar-refractivity contribution in [2.45, 2.75) is 13.0 Å². The Morgan fingerprint density at radius 1 is 1.29 bits per heavy atom. The molecule has 1 aromatic heterocycles. The lowest BCUT2D eigenvalue weighted by molar-refractivity contribution is 0.217. The maximum Gasteiger partial charge on any atom is 0.165 e. The van der Waals surface area contributed by atoms with E-state index >= 15 is 0 Å². The number of thiophene rings is 1. The summed E-state index contributed by atoms with van der Waals surface area (Å²) in [4.78, 5) is 0.569. The summed E-state index contributed by atoms with van der Waals surface area (Å²) < 4.78 is 27.9. The molecule has 2 aromatic rings. The van der Waals surface area contributed by atoms with Gasteiger partial charge in [-0.05, 0) is 34.5 Å². The Morgan fingerprint density at radius 3 is 2.59 bits per heavy atom. The van der Waals surface area contributed by atoms with Gasteiger partial charge in [0.05, 0.1) is 0 Å². The van der Waals surface area contributed by atoms with Gasteiger partial charge in [-0.3, -0.25) is 0 Å². The molecule has 0 aliphatic carbocycles. The summed E-state index contributed by atoms with van der Waals surface area (Å²) in [5.74, 6) is -1.89. The van der Waals surface area contributed by atoms with Crippen molar-refractivity contribution in [2.24, 2.45) is 0 Å². The summed E-state index contributed by atoms with van der Waals surface area (Å²) in [5.41, 5.74) is 0.188. The van der Waals surface area contributed by atoms with E-state index in [2.05, 4.69) is 15.9 Å². The Balaban J connectivity index is 2.44. The van der Waals surface area contributed by atoms with Crippen LogP contribution in [0, 0.1) is 18.6 Å². The van der Waals surface area contributed by atoms with Crippen molar-refractivity contribution in [3.8, 4) is 0 Å². The van der Waals surface area contributed by atoms with Crippen LogP contribution in [0.1, 0.15) is 22.1 Å². The Morgan fingerprint density at radius 2 is 2.00 bits per heavy atom. The molecule has 5 heteroatoms. The van der Waals surface area contributed by atoms with E-state index in [0.29, 0.717) is 4.88 Å². The summed E-state index contributed by atoms with van der Waals surface area (Å²) in [6.45, 7) is 1.48. The third-order valence-corrected chi connectivity index (χ3v) is 4.20. The zero-order chi connectivity index (χ0) is 12.6. The minimum atomic E-state index is -1.14. The third kappa shape index (κ3) is 2.41. The van der Waals surface area contributed by atoms with Gasteiger partial charge in [0.1, 0.15) is 6.10 Å². The number of aryl methyl sites for hydroxylation is 1. The second-order valence-electron chi connectivity index (χ2n) is 3.67. The zero-order valence-electron chi connectivity index (χ0n) is 8.88. The molecule has 0 saturated heterocycles. The van der Waals surface area contributed by atoms with Crippen molar-refractivity contribution in [2.75, 3.05) is 0 Å². The summed E-state index contributed by atoms with van der Waals surface area (Å²) >= 11 is 4.53. The SMILES string of the molecule is Cc1ccc(C(O)c2cc(Br)cs2)c(F)c1F. The first-order chi connectivity index (χ1) is 8.00. The minimum absolute atomic E-state index is 0.0394. The normalized spacial score (nSPS) is 12.8. The van der Waals surface area contributed by atoms with Crippen LogP contribution in [-0.2, 0) is 0 Å². The zero-order valence-corrected chi connectivity index (χ0v) is 11.3. The van der Waals surface area contributed by atoms with Crippen LogP contribution in [0.15, 0.2) is 28.1 Å². The van der Waals surface area contributed by atoms with Crippen molar-refractivity contribution in [3.05, 3.63) is 55.7 Å². The lowest BCUT2D eigenvalue weighted by Gasteiger charge is -2.11. The van der Waals surface area contributed by atoms with E-state index in [1.165, 1.54) is 30.4 Å². The quantitative estimate of drug-likeness (QED) is 0.880. The fraction of sp³-hybridized carbons (Fsp3) is 0.167. The molecule has 1 nitrogen and oxygen atoms in total. The first kappa shape index (κ1) is 12.7. The fourth-order valence-corrected chi connectivity index (χ4v) is 2.94. The monoisotopic (exact) mass is 318 g/mol. The van der Waals surface area contributed by atoms with E-state index in [-0.39, 0.29) is 11.1 Å². The molecule has 0 amide bonds. The van der Waals surface area contributed by atoms with Crippen LogP contribution >= 0.6 is 27.3 Å². The van der Waals surface area contributed by atoms with Crippen molar-refractivity contribution in [1.29, 1.82) is 0 Å². The van der Waals surface area contributed by atoms with Crippen LogP contribution in [0.3, 0.4) is 0 Å². The first-order valence-corrected chi connectivity index (χ1v) is 6.54. The van der Waals surface area contributed by atoms with Gasteiger partial charge in [0, 0.05) is 20.3 Å². The van der Waals surface area contributed by atoms with E-state index in [4.69, 9.17) is 0 Å². The molecule has 1 unspecified atom stereocenters. The van der Waals surface area contributed by atoms with Gasteiger partial charge in [0.15, 0.2) is 11.6 Å². The summed E-state index contributed by atoms with van der Waals surface area (Å²) in [6, 6.07) is 4.55. The van der Waals surface area contributed by atoms with Crippen molar-refractivity contribution in [1.82, 2.24) is 0 Å². The molecule has 0 aliphatic heterocycles. The molecule has 0 fully saturated rings. The van der Waals surface area contributed by atoms with Gasteiger partial charge in [0.2, 0.25) is 0 Å². The molecule has 90 valence electrons. The van der Waals surface area contributed by atoms with E-state index in [9.17, 15) is 13.9 Å². The third-order valence-electron chi connectivity index (χ3n) is 2.46. The molecule has 0 aliphatic rings. The highest BCUT2D eigenvalue weighted by Crippen LogP contribution is 2.32. The van der Waals surface area contributed by atoms with Crippen LogP contribution in [0.5, 0.6) is 0 Å². The maximum absolute atomic E-state index is 13.7. The number of aliphatic hydroxyl groups excluding tert-OH is 1. The van der Waals surface area contributed by atoms with E-state index in [1.807, 2.05) is 0 Å². The predicted octanol–water partition coefficient (Wildman–Crippen LogP) is 4.18. The Bertz CT molecular complexity index is 553. The molecular formula is C12H9BrF2OS. The van der Waals surface area contributed by atoms with Gasteiger partial charge in [-0.25, -0.2) is 8.78 Å². The average molecular weight is 319 g/mol. The van der Waals surface area contributed by atoms with Crippen molar-refractivity contribution in [3.63, 3.8) is 0 Å². The van der Waals surface area contributed by atoms with Crippen LogP contribution < -0.4 is 0 Å². The lowest BCUT2D eigenvalue weighted by Crippen LogP contribution is -2.03. The van der Waals surface area contributed by atoms with E-state index in [0.717, 1.165) is 4.47 Å². The molecule has 1 N–H and O–H groups in total. The van der Waals surface area contributed by atoms with Crippen LogP contribution in [0.25, 0.3) is 0 Å². The highest BCUT2D eigenvalue weighted by Gasteiger charge is 2.20.